The number of allylic oxidation sites excluding steroid dienone is 2. The molecular formula is C38H43FN4O6. The molecule has 1 fully saturated rings. The third-order valence-corrected chi connectivity index (χ3v) is 9.60. The molecule has 0 radical (unpaired) electrons. The SMILES string of the molecule is CCCN(CCC(C)CC)C(=O)C1CCC(=O)C=C(c2ccc(C#CC3(CN4Cc5ccc(OC)c(F)c5C4=O)NC(=O)NC3=O)cc2)C1. The van der Waals surface area contributed by atoms with E-state index in [2.05, 4.69) is 43.2 Å². The van der Waals surface area contributed by atoms with E-state index in [1.165, 1.54) is 18.1 Å². The van der Waals surface area contributed by atoms with Crippen molar-refractivity contribution >= 4 is 35.1 Å². The van der Waals surface area contributed by atoms with E-state index < -0.39 is 29.2 Å². The average Bonchev–Trinajstić information content (AvgIpc) is 3.46. The summed E-state index contributed by atoms with van der Waals surface area (Å²) in [5.74, 6) is 3.92. The first-order chi connectivity index (χ1) is 23.5. The number of carbonyl (C=O) groups excluding carboxylic acids is 5. The van der Waals surface area contributed by atoms with Gasteiger partial charge in [-0.25, -0.2) is 9.18 Å². The van der Waals surface area contributed by atoms with E-state index in [1.54, 1.807) is 24.3 Å². The number of hydrogen-bond acceptors (Lipinski definition) is 6. The van der Waals surface area contributed by atoms with Crippen molar-refractivity contribution in [3.8, 4) is 17.6 Å². The summed E-state index contributed by atoms with van der Waals surface area (Å²) in [5.41, 5.74) is 0.634. The van der Waals surface area contributed by atoms with Crippen LogP contribution in [0.15, 0.2) is 42.5 Å². The van der Waals surface area contributed by atoms with Crippen LogP contribution in [0.4, 0.5) is 9.18 Å². The van der Waals surface area contributed by atoms with E-state index in [0.29, 0.717) is 49.4 Å². The van der Waals surface area contributed by atoms with Gasteiger partial charge in [0, 0.05) is 37.5 Å². The molecule has 3 unspecified atom stereocenters. The van der Waals surface area contributed by atoms with E-state index in [0.717, 1.165) is 30.4 Å². The van der Waals surface area contributed by atoms with Crippen LogP contribution in [0.3, 0.4) is 0 Å². The van der Waals surface area contributed by atoms with Crippen molar-refractivity contribution in [2.75, 3.05) is 26.7 Å². The van der Waals surface area contributed by atoms with E-state index in [1.807, 2.05) is 17.0 Å². The van der Waals surface area contributed by atoms with Gasteiger partial charge in [-0.05, 0) is 72.6 Å². The number of benzene rings is 2. The predicted molar refractivity (Wildman–Crippen MR) is 182 cm³/mol. The Morgan fingerprint density at radius 2 is 1.88 bits per heavy atom. The summed E-state index contributed by atoms with van der Waals surface area (Å²) in [7, 11) is 1.31. The second-order valence-corrected chi connectivity index (χ2v) is 13.1. The largest absolute Gasteiger partial charge is 0.494 e. The average molecular weight is 671 g/mol. The molecule has 2 N–H and O–H groups in total. The third-order valence-electron chi connectivity index (χ3n) is 9.60. The van der Waals surface area contributed by atoms with Gasteiger partial charge in [0.15, 0.2) is 17.3 Å². The van der Waals surface area contributed by atoms with Gasteiger partial charge in [0.05, 0.1) is 19.2 Å². The number of ketones is 1. The Kier molecular flexibility index (Phi) is 10.9. The number of ether oxygens (including phenoxy) is 1. The zero-order valence-corrected chi connectivity index (χ0v) is 28.5. The van der Waals surface area contributed by atoms with Crippen molar-refractivity contribution in [3.63, 3.8) is 0 Å². The van der Waals surface area contributed by atoms with E-state index >= 15 is 0 Å². The van der Waals surface area contributed by atoms with Gasteiger partial charge >= 0.3 is 6.03 Å². The number of fused-ring (bicyclic) bond motifs is 1. The molecule has 10 nitrogen and oxygen atoms in total. The highest BCUT2D eigenvalue weighted by atomic mass is 19.1. The van der Waals surface area contributed by atoms with Crippen LogP contribution >= 0.6 is 0 Å². The number of nitrogens with one attached hydrogen (secondary N) is 2. The molecule has 5 amide bonds. The predicted octanol–water partition coefficient (Wildman–Crippen LogP) is 4.85. The van der Waals surface area contributed by atoms with Crippen LogP contribution in [-0.4, -0.2) is 71.6 Å². The van der Waals surface area contributed by atoms with Gasteiger partial charge in [0.2, 0.25) is 11.4 Å². The van der Waals surface area contributed by atoms with Crippen molar-refractivity contribution in [2.45, 2.75) is 71.4 Å². The van der Waals surface area contributed by atoms with Crippen molar-refractivity contribution in [1.82, 2.24) is 20.4 Å². The summed E-state index contributed by atoms with van der Waals surface area (Å²) in [6.07, 6.45) is 5.78. The van der Waals surface area contributed by atoms with Crippen molar-refractivity contribution in [3.05, 3.63) is 70.5 Å². The van der Waals surface area contributed by atoms with Gasteiger partial charge in [-0.3, -0.25) is 24.5 Å². The topological polar surface area (TPSA) is 125 Å². The lowest BCUT2D eigenvalue weighted by atomic mass is 9.91. The Balaban J connectivity index is 1.33. The Labute approximate surface area is 286 Å². The normalized spacial score (nSPS) is 20.8. The molecule has 2 heterocycles. The molecule has 2 aromatic carbocycles. The molecule has 258 valence electrons. The van der Waals surface area contributed by atoms with Crippen LogP contribution in [0.5, 0.6) is 5.75 Å². The van der Waals surface area contributed by atoms with Gasteiger partial charge in [-0.1, -0.05) is 57.2 Å². The van der Waals surface area contributed by atoms with Crippen LogP contribution in [-0.2, 0) is 20.9 Å². The summed E-state index contributed by atoms with van der Waals surface area (Å²) in [4.78, 5) is 68.1. The quantitative estimate of drug-likeness (QED) is 0.260. The molecule has 0 bridgehead atoms. The molecule has 11 heteroatoms. The number of urea groups is 1. The van der Waals surface area contributed by atoms with E-state index in [4.69, 9.17) is 4.74 Å². The smallest absolute Gasteiger partial charge is 0.323 e. The molecule has 49 heavy (non-hydrogen) atoms. The lowest BCUT2D eigenvalue weighted by molar-refractivity contribution is -0.136. The molecule has 0 spiro atoms. The standard InChI is InChI=1S/C38H43FN4O6/c1-5-18-42(19-16-24(3)6-2)34(45)27-11-13-30(44)21-29(20-27)26-9-7-25(8-10-26)15-17-38(36(47)40-37(48)41-38)23-43-22-28-12-14-31(49-4)33(39)32(28)35(43)46/h7-10,12,14,21,24,27H,5-6,11,13,16,18-20,22-23H2,1-4H3,(H2,40,41,47,48). The van der Waals surface area contributed by atoms with Gasteiger partial charge in [0.1, 0.15) is 0 Å². The van der Waals surface area contributed by atoms with E-state index in [-0.39, 0.29) is 42.0 Å². The molecule has 1 aliphatic carbocycles. The summed E-state index contributed by atoms with van der Waals surface area (Å²) >= 11 is 0. The molecule has 1 saturated heterocycles. The van der Waals surface area contributed by atoms with Crippen molar-refractivity contribution in [1.29, 1.82) is 0 Å². The number of halogens is 1. The van der Waals surface area contributed by atoms with Gasteiger partial charge in [-0.2, -0.15) is 0 Å². The fourth-order valence-electron chi connectivity index (χ4n) is 6.51. The highest BCUT2D eigenvalue weighted by Crippen LogP contribution is 2.33. The van der Waals surface area contributed by atoms with Crippen LogP contribution in [0, 0.1) is 29.5 Å². The number of nitrogens with zero attached hydrogens (tertiary/aromatic N) is 2. The molecule has 0 saturated carbocycles. The summed E-state index contributed by atoms with van der Waals surface area (Å²) in [5, 5.41) is 4.75. The molecular weight excluding hydrogens is 627 g/mol. The van der Waals surface area contributed by atoms with Crippen LogP contribution in [0.2, 0.25) is 0 Å². The number of amides is 5. The Morgan fingerprint density at radius 1 is 1.12 bits per heavy atom. The fourth-order valence-corrected chi connectivity index (χ4v) is 6.51. The Morgan fingerprint density at radius 3 is 2.53 bits per heavy atom. The maximum Gasteiger partial charge on any atom is 0.323 e. The highest BCUT2D eigenvalue weighted by Gasteiger charge is 2.49. The molecule has 2 aromatic rings. The summed E-state index contributed by atoms with van der Waals surface area (Å²) in [6.45, 7) is 7.54. The third kappa shape index (κ3) is 7.69. The molecule has 0 aromatic heterocycles. The van der Waals surface area contributed by atoms with Crippen molar-refractivity contribution < 1.29 is 33.1 Å². The first-order valence-corrected chi connectivity index (χ1v) is 16.9. The Hall–Kier alpha value is -4.98. The number of imide groups is 1. The second-order valence-electron chi connectivity index (χ2n) is 13.1. The lowest BCUT2D eigenvalue weighted by Crippen LogP contribution is -2.54. The first-order valence-electron chi connectivity index (χ1n) is 16.9. The maximum absolute atomic E-state index is 14.9. The van der Waals surface area contributed by atoms with Gasteiger partial charge in [-0.15, -0.1) is 0 Å². The monoisotopic (exact) mass is 670 g/mol. The fraction of sp³-hybridized carbons (Fsp3) is 0.447. The van der Waals surface area contributed by atoms with Crippen molar-refractivity contribution in [2.24, 2.45) is 11.8 Å². The molecule has 2 aliphatic heterocycles. The van der Waals surface area contributed by atoms with Crippen LogP contribution < -0.4 is 15.4 Å². The zero-order chi connectivity index (χ0) is 35.3. The minimum absolute atomic E-state index is 0.0160. The molecule has 3 atom stereocenters. The number of rotatable bonds is 11. The van der Waals surface area contributed by atoms with Crippen LogP contribution in [0.25, 0.3) is 5.57 Å². The lowest BCUT2D eigenvalue weighted by Gasteiger charge is -2.28. The van der Waals surface area contributed by atoms with Crippen LogP contribution in [0.1, 0.15) is 86.3 Å². The molecule has 5 rings (SSSR count). The summed E-state index contributed by atoms with van der Waals surface area (Å²) < 4.78 is 19.9. The van der Waals surface area contributed by atoms with Gasteiger partial charge in [0.25, 0.3) is 11.8 Å². The number of methoxy groups -OCH3 is 1. The number of carbonyl (C=O) groups is 5. The van der Waals surface area contributed by atoms with Gasteiger partial charge < -0.3 is 19.9 Å². The minimum Gasteiger partial charge on any atom is -0.494 e. The van der Waals surface area contributed by atoms with E-state index in [9.17, 15) is 28.4 Å². The minimum atomic E-state index is -1.77. The first kappa shape index (κ1) is 35.3. The summed E-state index contributed by atoms with van der Waals surface area (Å²) in [6, 6.07) is 9.39. The number of hydrogen-bond donors (Lipinski definition) is 2. The molecule has 3 aliphatic rings. The highest BCUT2D eigenvalue weighted by molar-refractivity contribution is 6.10. The Bertz CT molecular complexity index is 1740. The second kappa shape index (κ2) is 15.1. The zero-order valence-electron chi connectivity index (χ0n) is 28.5. The maximum atomic E-state index is 14.9.